The summed E-state index contributed by atoms with van der Waals surface area (Å²) in [6.45, 7) is 0.806. The van der Waals surface area contributed by atoms with Crippen LogP contribution >= 0.6 is 0 Å². The Bertz CT molecular complexity index is 589. The van der Waals surface area contributed by atoms with E-state index >= 15 is 0 Å². The number of hydrogen-bond donors (Lipinski definition) is 2. The number of anilines is 2. The molecule has 6 heteroatoms. The SMILES string of the molecule is NCCc1nccc(Nc2ccc3c(c2)OCO3)n1. The van der Waals surface area contributed by atoms with Crippen molar-refractivity contribution >= 4 is 11.5 Å². The van der Waals surface area contributed by atoms with Gasteiger partial charge in [-0.05, 0) is 24.7 Å². The normalized spacial score (nSPS) is 12.5. The van der Waals surface area contributed by atoms with Crippen LogP contribution in [-0.2, 0) is 6.42 Å². The Hall–Kier alpha value is -2.34. The fourth-order valence-electron chi connectivity index (χ4n) is 1.84. The molecule has 0 spiro atoms. The van der Waals surface area contributed by atoms with Gasteiger partial charge in [0.2, 0.25) is 6.79 Å². The molecule has 6 nitrogen and oxygen atoms in total. The van der Waals surface area contributed by atoms with E-state index < -0.39 is 0 Å². The number of benzene rings is 1. The summed E-state index contributed by atoms with van der Waals surface area (Å²) in [5.74, 6) is 2.96. The Morgan fingerprint density at radius 1 is 1.21 bits per heavy atom. The summed E-state index contributed by atoms with van der Waals surface area (Å²) in [5, 5.41) is 3.20. The first-order chi connectivity index (χ1) is 9.35. The van der Waals surface area contributed by atoms with Crippen LogP contribution in [0.5, 0.6) is 11.5 Å². The lowest BCUT2D eigenvalue weighted by molar-refractivity contribution is 0.174. The van der Waals surface area contributed by atoms with Gasteiger partial charge in [0.05, 0.1) is 0 Å². The fourth-order valence-corrected chi connectivity index (χ4v) is 1.84. The molecule has 0 amide bonds. The molecule has 0 aliphatic carbocycles. The molecule has 0 unspecified atom stereocenters. The lowest BCUT2D eigenvalue weighted by Crippen LogP contribution is -2.07. The highest BCUT2D eigenvalue weighted by atomic mass is 16.7. The second-order valence-electron chi connectivity index (χ2n) is 4.09. The van der Waals surface area contributed by atoms with Crippen LogP contribution in [0.15, 0.2) is 30.5 Å². The van der Waals surface area contributed by atoms with Crippen molar-refractivity contribution in [3.63, 3.8) is 0 Å². The molecule has 0 saturated heterocycles. The third-order valence-electron chi connectivity index (χ3n) is 2.72. The van der Waals surface area contributed by atoms with E-state index in [-0.39, 0.29) is 6.79 Å². The van der Waals surface area contributed by atoms with Crippen LogP contribution in [0, 0.1) is 0 Å². The summed E-state index contributed by atoms with van der Waals surface area (Å²) in [7, 11) is 0. The predicted octanol–water partition coefficient (Wildman–Crippen LogP) is 1.45. The smallest absolute Gasteiger partial charge is 0.231 e. The van der Waals surface area contributed by atoms with Gasteiger partial charge in [-0.15, -0.1) is 0 Å². The molecule has 0 radical (unpaired) electrons. The first-order valence-corrected chi connectivity index (χ1v) is 6.04. The number of nitrogens with zero attached hydrogens (tertiary/aromatic N) is 2. The minimum Gasteiger partial charge on any atom is -0.454 e. The van der Waals surface area contributed by atoms with Gasteiger partial charge in [0, 0.05) is 24.4 Å². The molecule has 0 atom stereocenters. The van der Waals surface area contributed by atoms with Crippen LogP contribution in [0.4, 0.5) is 11.5 Å². The molecule has 1 aliphatic heterocycles. The average molecular weight is 258 g/mol. The topological polar surface area (TPSA) is 82.3 Å². The number of nitrogens with one attached hydrogen (secondary N) is 1. The van der Waals surface area contributed by atoms with Gasteiger partial charge in [-0.1, -0.05) is 0 Å². The van der Waals surface area contributed by atoms with Gasteiger partial charge in [-0.2, -0.15) is 0 Å². The highest BCUT2D eigenvalue weighted by Gasteiger charge is 2.13. The Labute approximate surface area is 110 Å². The molecule has 19 heavy (non-hydrogen) atoms. The lowest BCUT2D eigenvalue weighted by Gasteiger charge is -2.07. The molecule has 0 fully saturated rings. The Kier molecular flexibility index (Phi) is 3.16. The van der Waals surface area contributed by atoms with Gasteiger partial charge in [0.25, 0.3) is 0 Å². The van der Waals surface area contributed by atoms with E-state index in [0.717, 1.165) is 28.8 Å². The van der Waals surface area contributed by atoms with Crippen molar-refractivity contribution in [2.75, 3.05) is 18.7 Å². The van der Waals surface area contributed by atoms with Crippen molar-refractivity contribution in [3.05, 3.63) is 36.3 Å². The van der Waals surface area contributed by atoms with Crippen molar-refractivity contribution in [1.29, 1.82) is 0 Å². The summed E-state index contributed by atoms with van der Waals surface area (Å²) in [6.07, 6.45) is 2.38. The zero-order chi connectivity index (χ0) is 13.1. The van der Waals surface area contributed by atoms with Crippen molar-refractivity contribution in [2.24, 2.45) is 5.73 Å². The maximum atomic E-state index is 5.49. The molecule has 98 valence electrons. The summed E-state index contributed by atoms with van der Waals surface area (Å²) in [5.41, 5.74) is 6.38. The Morgan fingerprint density at radius 3 is 3.00 bits per heavy atom. The van der Waals surface area contributed by atoms with Crippen LogP contribution in [0.1, 0.15) is 5.82 Å². The molecule has 1 aliphatic rings. The number of hydrogen-bond acceptors (Lipinski definition) is 6. The van der Waals surface area contributed by atoms with E-state index in [4.69, 9.17) is 15.2 Å². The van der Waals surface area contributed by atoms with Gasteiger partial charge < -0.3 is 20.5 Å². The summed E-state index contributed by atoms with van der Waals surface area (Å²) in [4.78, 5) is 8.53. The highest BCUT2D eigenvalue weighted by molar-refractivity contribution is 5.61. The molecule has 1 aromatic carbocycles. The van der Waals surface area contributed by atoms with Crippen molar-refractivity contribution in [2.45, 2.75) is 6.42 Å². The van der Waals surface area contributed by atoms with Crippen molar-refractivity contribution in [3.8, 4) is 11.5 Å². The molecular formula is C13H14N4O2. The molecule has 2 aromatic rings. The quantitative estimate of drug-likeness (QED) is 0.863. The van der Waals surface area contributed by atoms with Gasteiger partial charge >= 0.3 is 0 Å². The number of ether oxygens (including phenoxy) is 2. The number of fused-ring (bicyclic) bond motifs is 1. The molecule has 3 N–H and O–H groups in total. The first kappa shape index (κ1) is 11.7. The van der Waals surface area contributed by atoms with Gasteiger partial charge in [-0.25, -0.2) is 9.97 Å². The second kappa shape index (κ2) is 5.11. The predicted molar refractivity (Wildman–Crippen MR) is 70.6 cm³/mol. The average Bonchev–Trinajstić information content (AvgIpc) is 2.87. The highest BCUT2D eigenvalue weighted by Crippen LogP contribution is 2.34. The van der Waals surface area contributed by atoms with Crippen LogP contribution in [-0.4, -0.2) is 23.3 Å². The number of aromatic nitrogens is 2. The van der Waals surface area contributed by atoms with E-state index in [1.807, 2.05) is 24.3 Å². The van der Waals surface area contributed by atoms with Crippen LogP contribution in [0.25, 0.3) is 0 Å². The first-order valence-electron chi connectivity index (χ1n) is 6.04. The minimum absolute atomic E-state index is 0.271. The minimum atomic E-state index is 0.271. The third-order valence-corrected chi connectivity index (χ3v) is 2.72. The number of nitrogens with two attached hydrogens (primary N) is 1. The van der Waals surface area contributed by atoms with Crippen LogP contribution < -0.4 is 20.5 Å². The lowest BCUT2D eigenvalue weighted by atomic mass is 10.3. The van der Waals surface area contributed by atoms with Crippen LogP contribution in [0.3, 0.4) is 0 Å². The van der Waals surface area contributed by atoms with E-state index in [2.05, 4.69) is 15.3 Å². The van der Waals surface area contributed by atoms with Crippen molar-refractivity contribution in [1.82, 2.24) is 9.97 Å². The van der Waals surface area contributed by atoms with Gasteiger partial charge in [-0.3, -0.25) is 0 Å². The largest absolute Gasteiger partial charge is 0.454 e. The monoisotopic (exact) mass is 258 g/mol. The molecule has 1 aromatic heterocycles. The zero-order valence-electron chi connectivity index (χ0n) is 10.3. The van der Waals surface area contributed by atoms with E-state index in [0.29, 0.717) is 13.0 Å². The Morgan fingerprint density at radius 2 is 2.11 bits per heavy atom. The summed E-state index contributed by atoms with van der Waals surface area (Å²) < 4.78 is 10.6. The van der Waals surface area contributed by atoms with E-state index in [1.54, 1.807) is 6.20 Å². The van der Waals surface area contributed by atoms with Crippen LogP contribution in [0.2, 0.25) is 0 Å². The maximum absolute atomic E-state index is 5.49. The molecule has 3 rings (SSSR count). The molecule has 0 bridgehead atoms. The van der Waals surface area contributed by atoms with Gasteiger partial charge in [0.15, 0.2) is 11.5 Å². The number of rotatable bonds is 4. The summed E-state index contributed by atoms with van der Waals surface area (Å²) >= 11 is 0. The Balaban J connectivity index is 1.79. The standard InChI is InChI=1S/C13H14N4O2/c14-5-3-12-15-6-4-13(17-12)16-9-1-2-10-11(7-9)19-8-18-10/h1-2,4,6-7H,3,5,8,14H2,(H,15,16,17). The molecular weight excluding hydrogens is 244 g/mol. The zero-order valence-corrected chi connectivity index (χ0v) is 10.3. The van der Waals surface area contributed by atoms with Gasteiger partial charge in [0.1, 0.15) is 11.6 Å². The third kappa shape index (κ3) is 2.58. The van der Waals surface area contributed by atoms with E-state index in [9.17, 15) is 0 Å². The van der Waals surface area contributed by atoms with E-state index in [1.165, 1.54) is 0 Å². The second-order valence-corrected chi connectivity index (χ2v) is 4.09. The maximum Gasteiger partial charge on any atom is 0.231 e. The molecule has 2 heterocycles. The van der Waals surface area contributed by atoms with Crippen molar-refractivity contribution < 1.29 is 9.47 Å². The fraction of sp³-hybridized carbons (Fsp3) is 0.231. The molecule has 0 saturated carbocycles. The summed E-state index contributed by atoms with van der Waals surface area (Å²) in [6, 6.07) is 7.47.